The van der Waals surface area contributed by atoms with E-state index in [-0.39, 0.29) is 5.54 Å². The molecule has 1 aromatic heterocycles. The number of hydrogen-bond donors (Lipinski definition) is 1. The molecule has 0 bridgehead atoms. The van der Waals surface area contributed by atoms with Crippen molar-refractivity contribution in [2.24, 2.45) is 5.73 Å². The molecule has 1 saturated carbocycles. The van der Waals surface area contributed by atoms with E-state index >= 15 is 0 Å². The Morgan fingerprint density at radius 1 is 1.29 bits per heavy atom. The lowest BCUT2D eigenvalue weighted by Crippen LogP contribution is -2.47. The molecule has 94 valence electrons. The van der Waals surface area contributed by atoms with Crippen LogP contribution in [-0.4, -0.2) is 22.1 Å². The van der Waals surface area contributed by atoms with Crippen LogP contribution in [-0.2, 0) is 6.42 Å². The van der Waals surface area contributed by atoms with Crippen LogP contribution in [0.15, 0.2) is 12.4 Å². The van der Waals surface area contributed by atoms with Gasteiger partial charge in [0.25, 0.3) is 0 Å². The fraction of sp³-hybridized carbons (Fsp3) is 0.692. The highest BCUT2D eigenvalue weighted by Crippen LogP contribution is 2.26. The molecule has 0 amide bonds. The molecule has 1 aliphatic carbocycles. The summed E-state index contributed by atoms with van der Waals surface area (Å²) in [5.41, 5.74) is 7.16. The van der Waals surface area contributed by atoms with Crippen LogP contribution >= 0.6 is 0 Å². The van der Waals surface area contributed by atoms with Crippen LogP contribution in [0.4, 0.5) is 0 Å². The molecule has 0 saturated heterocycles. The Hall–Kier alpha value is -1.16. The molecule has 4 nitrogen and oxygen atoms in total. The molecular formula is C13H21N3O. The topological polar surface area (TPSA) is 61.0 Å². The summed E-state index contributed by atoms with van der Waals surface area (Å²) in [4.78, 5) is 8.26. The number of rotatable bonds is 4. The second kappa shape index (κ2) is 5.45. The number of ether oxygens (including phenoxy) is 1. The smallest absolute Gasteiger partial charge is 0.216 e. The zero-order valence-corrected chi connectivity index (χ0v) is 10.5. The SMILES string of the molecule is CCc1cc(OCC2(N)CCCCC2)ncn1. The van der Waals surface area contributed by atoms with E-state index in [0.717, 1.165) is 25.0 Å². The summed E-state index contributed by atoms with van der Waals surface area (Å²) in [5.74, 6) is 0.646. The van der Waals surface area contributed by atoms with E-state index in [2.05, 4.69) is 16.9 Å². The van der Waals surface area contributed by atoms with Crippen LogP contribution in [0.2, 0.25) is 0 Å². The molecule has 1 fully saturated rings. The number of hydrogen-bond acceptors (Lipinski definition) is 4. The number of nitrogens with two attached hydrogens (primary N) is 1. The molecule has 1 heterocycles. The highest BCUT2D eigenvalue weighted by Gasteiger charge is 2.28. The van der Waals surface area contributed by atoms with E-state index < -0.39 is 0 Å². The Morgan fingerprint density at radius 3 is 2.76 bits per heavy atom. The standard InChI is InChI=1S/C13H21N3O/c1-2-11-8-12(16-10-15-11)17-9-13(14)6-4-3-5-7-13/h8,10H,2-7,9,14H2,1H3. The van der Waals surface area contributed by atoms with Crippen molar-refractivity contribution in [3.05, 3.63) is 18.1 Å². The Morgan fingerprint density at radius 2 is 2.06 bits per heavy atom. The summed E-state index contributed by atoms with van der Waals surface area (Å²) < 4.78 is 5.71. The highest BCUT2D eigenvalue weighted by atomic mass is 16.5. The van der Waals surface area contributed by atoms with Crippen LogP contribution in [0.3, 0.4) is 0 Å². The zero-order valence-electron chi connectivity index (χ0n) is 10.5. The van der Waals surface area contributed by atoms with Crippen LogP contribution in [0, 0.1) is 0 Å². The van der Waals surface area contributed by atoms with E-state index in [9.17, 15) is 0 Å². The van der Waals surface area contributed by atoms with Crippen LogP contribution in [0.1, 0.15) is 44.7 Å². The van der Waals surface area contributed by atoms with Gasteiger partial charge in [0.1, 0.15) is 12.9 Å². The molecule has 0 spiro atoms. The molecule has 0 radical (unpaired) electrons. The largest absolute Gasteiger partial charge is 0.476 e. The Labute approximate surface area is 103 Å². The van der Waals surface area contributed by atoms with Crippen molar-refractivity contribution in [1.29, 1.82) is 0 Å². The molecule has 4 heteroatoms. The number of nitrogens with zero attached hydrogens (tertiary/aromatic N) is 2. The maximum absolute atomic E-state index is 6.31. The maximum Gasteiger partial charge on any atom is 0.216 e. The Balaban J connectivity index is 1.92. The lowest BCUT2D eigenvalue weighted by atomic mass is 9.83. The molecule has 2 N–H and O–H groups in total. The van der Waals surface area contributed by atoms with Crippen LogP contribution < -0.4 is 10.5 Å². The van der Waals surface area contributed by atoms with Gasteiger partial charge in [-0.15, -0.1) is 0 Å². The summed E-state index contributed by atoms with van der Waals surface area (Å²) in [6, 6.07) is 1.90. The molecular weight excluding hydrogens is 214 g/mol. The van der Waals surface area contributed by atoms with Gasteiger partial charge in [-0.05, 0) is 19.3 Å². The first-order valence-electron chi connectivity index (χ1n) is 6.44. The first-order valence-corrected chi connectivity index (χ1v) is 6.44. The normalized spacial score (nSPS) is 18.9. The molecule has 0 unspecified atom stereocenters. The minimum atomic E-state index is -0.157. The van der Waals surface area contributed by atoms with Gasteiger partial charge < -0.3 is 10.5 Å². The summed E-state index contributed by atoms with van der Waals surface area (Å²) in [5, 5.41) is 0. The zero-order chi connectivity index (χ0) is 12.1. The predicted molar refractivity (Wildman–Crippen MR) is 66.9 cm³/mol. The van der Waals surface area contributed by atoms with Crippen molar-refractivity contribution < 1.29 is 4.74 Å². The van der Waals surface area contributed by atoms with Crippen molar-refractivity contribution in [1.82, 2.24) is 9.97 Å². The third kappa shape index (κ3) is 3.40. The van der Waals surface area contributed by atoms with Crippen LogP contribution in [0.25, 0.3) is 0 Å². The average Bonchev–Trinajstić information content (AvgIpc) is 2.38. The molecule has 0 aliphatic heterocycles. The second-order valence-corrected chi connectivity index (χ2v) is 4.91. The Kier molecular flexibility index (Phi) is 3.94. The van der Waals surface area contributed by atoms with Gasteiger partial charge in [0.15, 0.2) is 0 Å². The van der Waals surface area contributed by atoms with Crippen molar-refractivity contribution >= 4 is 0 Å². The molecule has 17 heavy (non-hydrogen) atoms. The predicted octanol–water partition coefficient (Wildman–Crippen LogP) is 2.08. The summed E-state index contributed by atoms with van der Waals surface area (Å²) in [6.07, 6.45) is 8.28. The lowest BCUT2D eigenvalue weighted by molar-refractivity contribution is 0.169. The Bertz CT molecular complexity index is 361. The molecule has 0 atom stereocenters. The van der Waals surface area contributed by atoms with Gasteiger partial charge in [0.2, 0.25) is 5.88 Å². The van der Waals surface area contributed by atoms with Crippen molar-refractivity contribution in [3.63, 3.8) is 0 Å². The first kappa shape index (κ1) is 12.3. The summed E-state index contributed by atoms with van der Waals surface area (Å²) in [6.45, 7) is 2.63. The number of aromatic nitrogens is 2. The van der Waals surface area contributed by atoms with Crippen molar-refractivity contribution in [2.75, 3.05) is 6.61 Å². The molecule has 1 aromatic rings. The van der Waals surface area contributed by atoms with E-state index in [1.807, 2.05) is 6.07 Å². The number of aryl methyl sites for hydroxylation is 1. The highest BCUT2D eigenvalue weighted by molar-refractivity contribution is 5.13. The van der Waals surface area contributed by atoms with Gasteiger partial charge in [-0.25, -0.2) is 9.97 Å². The second-order valence-electron chi connectivity index (χ2n) is 4.91. The quantitative estimate of drug-likeness (QED) is 0.868. The molecule has 1 aliphatic rings. The van der Waals surface area contributed by atoms with Crippen molar-refractivity contribution in [3.8, 4) is 5.88 Å². The third-order valence-electron chi connectivity index (χ3n) is 3.42. The third-order valence-corrected chi connectivity index (χ3v) is 3.42. The fourth-order valence-corrected chi connectivity index (χ4v) is 2.27. The summed E-state index contributed by atoms with van der Waals surface area (Å²) in [7, 11) is 0. The van der Waals surface area contributed by atoms with Gasteiger partial charge in [0, 0.05) is 11.8 Å². The van der Waals surface area contributed by atoms with Gasteiger partial charge in [-0.3, -0.25) is 0 Å². The van der Waals surface area contributed by atoms with Crippen molar-refractivity contribution in [2.45, 2.75) is 51.0 Å². The monoisotopic (exact) mass is 235 g/mol. The van der Waals surface area contributed by atoms with E-state index in [4.69, 9.17) is 10.5 Å². The van der Waals surface area contributed by atoms with E-state index in [1.54, 1.807) is 6.33 Å². The minimum absolute atomic E-state index is 0.157. The van der Waals surface area contributed by atoms with E-state index in [0.29, 0.717) is 12.5 Å². The van der Waals surface area contributed by atoms with Crippen LogP contribution in [0.5, 0.6) is 5.88 Å². The maximum atomic E-state index is 6.31. The van der Waals surface area contributed by atoms with Gasteiger partial charge in [-0.2, -0.15) is 0 Å². The average molecular weight is 235 g/mol. The van der Waals surface area contributed by atoms with Gasteiger partial charge in [0.05, 0.1) is 5.54 Å². The van der Waals surface area contributed by atoms with E-state index in [1.165, 1.54) is 19.3 Å². The molecule has 2 rings (SSSR count). The summed E-state index contributed by atoms with van der Waals surface area (Å²) >= 11 is 0. The fourth-order valence-electron chi connectivity index (χ4n) is 2.27. The minimum Gasteiger partial charge on any atom is -0.476 e. The van der Waals surface area contributed by atoms with Gasteiger partial charge >= 0.3 is 0 Å². The first-order chi connectivity index (χ1) is 8.22. The lowest BCUT2D eigenvalue weighted by Gasteiger charge is -2.32. The van der Waals surface area contributed by atoms with Gasteiger partial charge in [-0.1, -0.05) is 26.2 Å². The molecule has 0 aromatic carbocycles.